The molecule has 0 unspecified atom stereocenters. The molecule has 0 atom stereocenters. The van der Waals surface area contributed by atoms with Crippen molar-refractivity contribution in [3.8, 4) is 17.2 Å². The molecule has 0 aromatic heterocycles. The summed E-state index contributed by atoms with van der Waals surface area (Å²) in [4.78, 5) is 14.5. The maximum atomic E-state index is 12.8. The Morgan fingerprint density at radius 1 is 0.971 bits per heavy atom. The van der Waals surface area contributed by atoms with Gasteiger partial charge >= 0.3 is 0 Å². The summed E-state index contributed by atoms with van der Waals surface area (Å²) < 4.78 is 44.5. The number of fused-ring (bicyclic) bond motifs is 1. The van der Waals surface area contributed by atoms with E-state index in [9.17, 15) is 13.2 Å². The van der Waals surface area contributed by atoms with E-state index in [1.807, 2.05) is 31.2 Å². The smallest absolute Gasteiger partial charge is 0.262 e. The summed E-state index contributed by atoms with van der Waals surface area (Å²) in [6, 6.07) is 18.4. The number of rotatable bonds is 8. The lowest BCUT2D eigenvalue weighted by Gasteiger charge is -2.19. The van der Waals surface area contributed by atoms with E-state index in [1.165, 1.54) is 12.1 Å². The number of anilines is 1. The topological polar surface area (TPSA) is 94.2 Å². The number of benzene rings is 3. The van der Waals surface area contributed by atoms with Crippen LogP contribution in [0.5, 0.6) is 17.2 Å². The van der Waals surface area contributed by atoms with E-state index in [4.69, 9.17) is 14.2 Å². The molecule has 4 rings (SSSR count). The number of carbonyl (C=O) groups excluding carboxylic acids is 1. The molecule has 34 heavy (non-hydrogen) atoms. The van der Waals surface area contributed by atoms with Crippen molar-refractivity contribution in [3.63, 3.8) is 0 Å². The van der Waals surface area contributed by atoms with Crippen LogP contribution in [0, 0.1) is 0 Å². The third-order valence-corrected chi connectivity index (χ3v) is 6.59. The molecular formula is C25H26N2O6S. The highest BCUT2D eigenvalue weighted by Crippen LogP contribution is 2.32. The summed E-state index contributed by atoms with van der Waals surface area (Å²) in [5.41, 5.74) is 1.78. The van der Waals surface area contributed by atoms with Crippen molar-refractivity contribution in [1.82, 2.24) is 4.90 Å². The van der Waals surface area contributed by atoms with Crippen LogP contribution >= 0.6 is 0 Å². The third-order valence-electron chi connectivity index (χ3n) is 5.21. The Kier molecular flexibility index (Phi) is 6.93. The summed E-state index contributed by atoms with van der Waals surface area (Å²) in [5, 5.41) is 0. The van der Waals surface area contributed by atoms with E-state index in [2.05, 4.69) is 4.72 Å². The van der Waals surface area contributed by atoms with Gasteiger partial charge in [-0.25, -0.2) is 8.42 Å². The molecule has 3 aromatic rings. The summed E-state index contributed by atoms with van der Waals surface area (Å²) in [6.45, 7) is 3.75. The SMILES string of the molecule is CCOc1ccc(CN(C)C(=O)c2ccc(NS(=O)(=O)c3ccc4c(c3)OCCO4)cc2)cc1. The highest BCUT2D eigenvalue weighted by atomic mass is 32.2. The van der Waals surface area contributed by atoms with E-state index in [1.54, 1.807) is 42.3 Å². The quantitative estimate of drug-likeness (QED) is 0.523. The first-order chi connectivity index (χ1) is 16.4. The van der Waals surface area contributed by atoms with Crippen LogP contribution in [-0.2, 0) is 16.6 Å². The average molecular weight is 483 g/mol. The Balaban J connectivity index is 1.40. The summed E-state index contributed by atoms with van der Waals surface area (Å²) in [7, 11) is -2.12. The molecule has 0 fully saturated rings. The maximum absolute atomic E-state index is 12.8. The fourth-order valence-corrected chi connectivity index (χ4v) is 4.58. The van der Waals surface area contributed by atoms with Crippen molar-refractivity contribution in [2.24, 2.45) is 0 Å². The van der Waals surface area contributed by atoms with Crippen LogP contribution in [0.25, 0.3) is 0 Å². The number of hydrogen-bond acceptors (Lipinski definition) is 6. The van der Waals surface area contributed by atoms with Crippen LogP contribution in [0.15, 0.2) is 71.6 Å². The lowest BCUT2D eigenvalue weighted by atomic mass is 10.1. The molecule has 0 radical (unpaired) electrons. The van der Waals surface area contributed by atoms with E-state index in [-0.39, 0.29) is 10.8 Å². The molecule has 1 amide bonds. The van der Waals surface area contributed by atoms with E-state index >= 15 is 0 Å². The van der Waals surface area contributed by atoms with Gasteiger partial charge in [0.05, 0.1) is 11.5 Å². The van der Waals surface area contributed by atoms with Gasteiger partial charge in [0.25, 0.3) is 15.9 Å². The van der Waals surface area contributed by atoms with E-state index in [0.717, 1.165) is 11.3 Å². The Bertz CT molecular complexity index is 1260. The summed E-state index contributed by atoms with van der Waals surface area (Å²) >= 11 is 0. The molecule has 0 bridgehead atoms. The van der Waals surface area contributed by atoms with Gasteiger partial charge in [-0.15, -0.1) is 0 Å². The van der Waals surface area contributed by atoms with Gasteiger partial charge in [-0.2, -0.15) is 0 Å². The normalized spacial score (nSPS) is 12.6. The zero-order chi connectivity index (χ0) is 24.1. The lowest BCUT2D eigenvalue weighted by Crippen LogP contribution is -2.26. The first-order valence-corrected chi connectivity index (χ1v) is 12.3. The van der Waals surface area contributed by atoms with Crippen molar-refractivity contribution < 1.29 is 27.4 Å². The molecule has 3 aromatic carbocycles. The van der Waals surface area contributed by atoms with Gasteiger partial charge in [0, 0.05) is 30.9 Å². The first kappa shape index (κ1) is 23.4. The van der Waals surface area contributed by atoms with E-state index in [0.29, 0.717) is 49.1 Å². The molecule has 0 saturated heterocycles. The summed E-state index contributed by atoms with van der Waals surface area (Å²) in [5.74, 6) is 1.53. The predicted molar refractivity (Wildman–Crippen MR) is 128 cm³/mol. The molecule has 1 aliphatic rings. The van der Waals surface area contributed by atoms with Gasteiger partial charge in [0.2, 0.25) is 0 Å². The van der Waals surface area contributed by atoms with Gasteiger partial charge in [-0.05, 0) is 61.0 Å². The highest BCUT2D eigenvalue weighted by Gasteiger charge is 2.20. The van der Waals surface area contributed by atoms with E-state index < -0.39 is 10.0 Å². The average Bonchev–Trinajstić information content (AvgIpc) is 2.85. The third kappa shape index (κ3) is 5.43. The Hall–Kier alpha value is -3.72. The maximum Gasteiger partial charge on any atom is 0.262 e. The number of ether oxygens (including phenoxy) is 3. The van der Waals surface area contributed by atoms with Gasteiger partial charge < -0.3 is 19.1 Å². The zero-order valence-corrected chi connectivity index (χ0v) is 19.8. The number of nitrogens with zero attached hydrogens (tertiary/aromatic N) is 1. The number of hydrogen-bond donors (Lipinski definition) is 1. The second-order valence-electron chi connectivity index (χ2n) is 7.73. The Morgan fingerprint density at radius 2 is 1.65 bits per heavy atom. The van der Waals surface area contributed by atoms with Crippen LogP contribution in [-0.4, -0.2) is 46.1 Å². The molecule has 8 nitrogen and oxygen atoms in total. The minimum atomic E-state index is -3.84. The first-order valence-electron chi connectivity index (χ1n) is 10.9. The second-order valence-corrected chi connectivity index (χ2v) is 9.41. The zero-order valence-electron chi connectivity index (χ0n) is 19.0. The molecule has 1 aliphatic heterocycles. The Morgan fingerprint density at radius 3 is 2.32 bits per heavy atom. The molecule has 1 heterocycles. The van der Waals surface area contributed by atoms with Crippen LogP contribution < -0.4 is 18.9 Å². The van der Waals surface area contributed by atoms with Crippen molar-refractivity contribution in [1.29, 1.82) is 0 Å². The van der Waals surface area contributed by atoms with Crippen molar-refractivity contribution >= 4 is 21.6 Å². The minimum Gasteiger partial charge on any atom is -0.494 e. The number of nitrogens with one attached hydrogen (secondary N) is 1. The van der Waals surface area contributed by atoms with Crippen LogP contribution in [0.3, 0.4) is 0 Å². The van der Waals surface area contributed by atoms with Gasteiger partial charge in [-0.1, -0.05) is 12.1 Å². The molecule has 178 valence electrons. The number of amides is 1. The molecule has 0 saturated carbocycles. The fraction of sp³-hybridized carbons (Fsp3) is 0.240. The Labute approximate surface area is 199 Å². The van der Waals surface area contributed by atoms with Crippen molar-refractivity contribution in [2.75, 3.05) is 31.6 Å². The van der Waals surface area contributed by atoms with Crippen LogP contribution in [0.1, 0.15) is 22.8 Å². The summed E-state index contributed by atoms with van der Waals surface area (Å²) in [6.07, 6.45) is 0. The van der Waals surface area contributed by atoms with Gasteiger partial charge in [0.15, 0.2) is 11.5 Å². The lowest BCUT2D eigenvalue weighted by molar-refractivity contribution is 0.0785. The van der Waals surface area contributed by atoms with Crippen LogP contribution in [0.4, 0.5) is 5.69 Å². The number of carbonyl (C=O) groups is 1. The molecular weight excluding hydrogens is 456 g/mol. The highest BCUT2D eigenvalue weighted by molar-refractivity contribution is 7.92. The van der Waals surface area contributed by atoms with Gasteiger partial charge in [-0.3, -0.25) is 9.52 Å². The minimum absolute atomic E-state index is 0.0620. The van der Waals surface area contributed by atoms with Crippen molar-refractivity contribution in [3.05, 3.63) is 77.9 Å². The van der Waals surface area contributed by atoms with Crippen molar-refractivity contribution in [2.45, 2.75) is 18.4 Å². The largest absolute Gasteiger partial charge is 0.494 e. The monoisotopic (exact) mass is 482 g/mol. The standard InChI is InChI=1S/C25H26N2O6S/c1-3-31-21-10-4-18(5-11-21)17-27(2)25(28)19-6-8-20(9-7-19)26-34(29,30)22-12-13-23-24(16-22)33-15-14-32-23/h4-13,16,26H,3,14-15,17H2,1-2H3. The number of sulfonamides is 1. The second kappa shape index (κ2) is 10.0. The molecule has 0 spiro atoms. The predicted octanol–water partition coefficient (Wildman–Crippen LogP) is 3.93. The van der Waals surface area contributed by atoms with Gasteiger partial charge in [0.1, 0.15) is 19.0 Å². The molecule has 9 heteroatoms. The fourth-order valence-electron chi connectivity index (χ4n) is 3.51. The van der Waals surface area contributed by atoms with Crippen LogP contribution in [0.2, 0.25) is 0 Å². The molecule has 1 N–H and O–H groups in total. The molecule has 0 aliphatic carbocycles.